The maximum atomic E-state index is 12.5. The van der Waals surface area contributed by atoms with Crippen molar-refractivity contribution in [3.8, 4) is 11.6 Å². The van der Waals surface area contributed by atoms with Crippen LogP contribution in [-0.4, -0.2) is 46.5 Å². The number of anilines is 1. The monoisotopic (exact) mass is 416 g/mol. The van der Waals surface area contributed by atoms with Crippen LogP contribution in [0.5, 0.6) is 11.6 Å². The number of ether oxygens (including phenoxy) is 1. The van der Waals surface area contributed by atoms with Gasteiger partial charge in [-0.25, -0.2) is 9.97 Å². The van der Waals surface area contributed by atoms with Gasteiger partial charge in [-0.3, -0.25) is 4.79 Å². The molecule has 156 valence electrons. The Morgan fingerprint density at radius 3 is 2.83 bits per heavy atom. The first-order chi connectivity index (χ1) is 14.0. The van der Waals surface area contributed by atoms with E-state index < -0.39 is 0 Å². The summed E-state index contributed by atoms with van der Waals surface area (Å²) in [5.74, 6) is 2.08. The minimum absolute atomic E-state index is 0.142. The van der Waals surface area contributed by atoms with E-state index >= 15 is 0 Å². The number of carbonyl (C=O) groups is 1. The van der Waals surface area contributed by atoms with Crippen molar-refractivity contribution in [3.63, 3.8) is 0 Å². The number of unbranched alkanes of at least 4 members (excludes halogenated alkanes) is 2. The van der Waals surface area contributed by atoms with E-state index in [9.17, 15) is 4.79 Å². The molecular formula is C22H29ClN4O2. The molecule has 0 aliphatic carbocycles. The highest BCUT2D eigenvalue weighted by Crippen LogP contribution is 2.30. The summed E-state index contributed by atoms with van der Waals surface area (Å²) in [5, 5.41) is 0.541. The van der Waals surface area contributed by atoms with Crippen molar-refractivity contribution in [2.75, 3.05) is 24.5 Å². The molecule has 1 aliphatic heterocycles. The molecule has 1 fully saturated rings. The lowest BCUT2D eigenvalue weighted by Gasteiger charge is -2.40. The van der Waals surface area contributed by atoms with Crippen LogP contribution in [0.25, 0.3) is 0 Å². The summed E-state index contributed by atoms with van der Waals surface area (Å²) in [7, 11) is 0. The summed E-state index contributed by atoms with van der Waals surface area (Å²) >= 11 is 6.23. The second kappa shape index (κ2) is 9.92. The Labute approximate surface area is 177 Å². The topological polar surface area (TPSA) is 58.6 Å². The molecule has 0 radical (unpaired) electrons. The van der Waals surface area contributed by atoms with Crippen molar-refractivity contribution in [3.05, 3.63) is 41.2 Å². The van der Waals surface area contributed by atoms with Crippen molar-refractivity contribution in [2.45, 2.75) is 52.5 Å². The molecule has 0 bridgehead atoms. The Balaban J connectivity index is 1.64. The van der Waals surface area contributed by atoms with Crippen LogP contribution in [0.4, 0.5) is 5.82 Å². The standard InChI is InChI=1S/C22H29ClN4O2/c1-4-5-6-7-22(28)27-11-10-26(14-17(27)3)20-13-21(25-15-24-20)29-19-12-16(2)8-9-18(19)23/h8-9,12-13,15,17H,4-7,10-11,14H2,1-3H3/t17-/m0/s1. The van der Waals surface area contributed by atoms with Crippen LogP contribution < -0.4 is 9.64 Å². The first-order valence-corrected chi connectivity index (χ1v) is 10.7. The van der Waals surface area contributed by atoms with Gasteiger partial charge in [-0.1, -0.05) is 37.4 Å². The molecule has 0 unspecified atom stereocenters. The third-order valence-electron chi connectivity index (χ3n) is 5.19. The molecule has 29 heavy (non-hydrogen) atoms. The Hall–Kier alpha value is -2.34. The van der Waals surface area contributed by atoms with Crippen LogP contribution in [-0.2, 0) is 4.79 Å². The largest absolute Gasteiger partial charge is 0.437 e. The van der Waals surface area contributed by atoms with E-state index in [0.717, 1.165) is 43.7 Å². The first kappa shape index (κ1) is 21.4. The third kappa shape index (κ3) is 5.60. The molecular weight excluding hydrogens is 388 g/mol. The molecule has 7 heteroatoms. The van der Waals surface area contributed by atoms with E-state index in [1.807, 2.05) is 36.1 Å². The highest BCUT2D eigenvalue weighted by atomic mass is 35.5. The zero-order valence-electron chi connectivity index (χ0n) is 17.4. The van der Waals surface area contributed by atoms with Crippen LogP contribution in [0.3, 0.4) is 0 Å². The summed E-state index contributed by atoms with van der Waals surface area (Å²) in [6.45, 7) is 8.41. The summed E-state index contributed by atoms with van der Waals surface area (Å²) in [4.78, 5) is 25.3. The highest BCUT2D eigenvalue weighted by molar-refractivity contribution is 6.32. The molecule has 1 saturated heterocycles. The number of rotatable bonds is 7. The van der Waals surface area contributed by atoms with Gasteiger partial charge in [0.15, 0.2) is 0 Å². The second-order valence-corrected chi connectivity index (χ2v) is 8.00. The number of piperazine rings is 1. The van der Waals surface area contributed by atoms with Crippen molar-refractivity contribution < 1.29 is 9.53 Å². The molecule has 1 aromatic heterocycles. The number of carbonyl (C=O) groups excluding carboxylic acids is 1. The molecule has 2 aromatic rings. The molecule has 1 aromatic carbocycles. The molecule has 2 heterocycles. The minimum atomic E-state index is 0.142. The highest BCUT2D eigenvalue weighted by Gasteiger charge is 2.27. The van der Waals surface area contributed by atoms with Crippen molar-refractivity contribution in [1.82, 2.24) is 14.9 Å². The van der Waals surface area contributed by atoms with Crippen LogP contribution in [0, 0.1) is 6.92 Å². The normalized spacial score (nSPS) is 16.8. The number of halogens is 1. The van der Waals surface area contributed by atoms with Crippen LogP contribution >= 0.6 is 11.6 Å². The molecule has 0 N–H and O–H groups in total. The van der Waals surface area contributed by atoms with E-state index in [0.29, 0.717) is 29.6 Å². The number of aryl methyl sites for hydroxylation is 1. The third-order valence-corrected chi connectivity index (χ3v) is 5.51. The van der Waals surface area contributed by atoms with Crippen LogP contribution in [0.15, 0.2) is 30.6 Å². The molecule has 3 rings (SSSR count). The maximum Gasteiger partial charge on any atom is 0.224 e. The number of hydrogen-bond acceptors (Lipinski definition) is 5. The molecule has 6 nitrogen and oxygen atoms in total. The number of benzene rings is 1. The van der Waals surface area contributed by atoms with E-state index in [1.54, 1.807) is 0 Å². The fourth-order valence-electron chi connectivity index (χ4n) is 3.57. The zero-order valence-corrected chi connectivity index (χ0v) is 18.2. The Kier molecular flexibility index (Phi) is 7.31. The Morgan fingerprint density at radius 1 is 1.24 bits per heavy atom. The average Bonchev–Trinajstić information content (AvgIpc) is 2.71. The lowest BCUT2D eigenvalue weighted by Crippen LogP contribution is -2.54. The lowest BCUT2D eigenvalue weighted by atomic mass is 10.1. The van der Waals surface area contributed by atoms with Gasteiger partial charge in [-0.05, 0) is 38.0 Å². The van der Waals surface area contributed by atoms with Gasteiger partial charge >= 0.3 is 0 Å². The van der Waals surface area contributed by atoms with Gasteiger partial charge in [-0.2, -0.15) is 0 Å². The van der Waals surface area contributed by atoms with E-state index in [2.05, 4.69) is 28.7 Å². The summed E-state index contributed by atoms with van der Waals surface area (Å²) in [5.41, 5.74) is 1.06. The van der Waals surface area contributed by atoms with Crippen molar-refractivity contribution in [1.29, 1.82) is 0 Å². The fraction of sp³-hybridized carbons (Fsp3) is 0.500. The van der Waals surface area contributed by atoms with Gasteiger partial charge in [0, 0.05) is 38.2 Å². The van der Waals surface area contributed by atoms with Gasteiger partial charge < -0.3 is 14.5 Å². The van der Waals surface area contributed by atoms with Gasteiger partial charge in [0.2, 0.25) is 11.8 Å². The van der Waals surface area contributed by atoms with Crippen LogP contribution in [0.2, 0.25) is 5.02 Å². The summed E-state index contributed by atoms with van der Waals surface area (Å²) in [6, 6.07) is 7.60. The summed E-state index contributed by atoms with van der Waals surface area (Å²) in [6.07, 6.45) is 5.34. The Morgan fingerprint density at radius 2 is 2.07 bits per heavy atom. The summed E-state index contributed by atoms with van der Waals surface area (Å²) < 4.78 is 5.89. The predicted molar refractivity (Wildman–Crippen MR) is 116 cm³/mol. The number of hydrogen-bond donors (Lipinski definition) is 0. The number of aromatic nitrogens is 2. The molecule has 1 aliphatic rings. The Bertz CT molecular complexity index is 845. The van der Waals surface area contributed by atoms with Crippen molar-refractivity contribution >= 4 is 23.3 Å². The molecule has 1 atom stereocenters. The van der Waals surface area contributed by atoms with Crippen LogP contribution in [0.1, 0.15) is 45.1 Å². The quantitative estimate of drug-likeness (QED) is 0.604. The van der Waals surface area contributed by atoms with E-state index in [4.69, 9.17) is 16.3 Å². The van der Waals surface area contributed by atoms with Gasteiger partial charge in [0.1, 0.15) is 17.9 Å². The maximum absolute atomic E-state index is 12.5. The van der Waals surface area contributed by atoms with Gasteiger partial charge in [-0.15, -0.1) is 0 Å². The van der Waals surface area contributed by atoms with Gasteiger partial charge in [0.05, 0.1) is 5.02 Å². The second-order valence-electron chi connectivity index (χ2n) is 7.59. The smallest absolute Gasteiger partial charge is 0.224 e. The molecule has 1 amide bonds. The SMILES string of the molecule is CCCCCC(=O)N1CCN(c2cc(Oc3cc(C)ccc3Cl)ncn2)C[C@@H]1C. The molecule has 0 saturated carbocycles. The number of amides is 1. The fourth-order valence-corrected chi connectivity index (χ4v) is 3.72. The van der Waals surface area contributed by atoms with Gasteiger partial charge in [0.25, 0.3) is 0 Å². The lowest BCUT2D eigenvalue weighted by molar-refractivity contribution is -0.133. The number of nitrogens with zero attached hydrogens (tertiary/aromatic N) is 4. The zero-order chi connectivity index (χ0) is 20.8. The van der Waals surface area contributed by atoms with Crippen molar-refractivity contribution in [2.24, 2.45) is 0 Å². The average molecular weight is 417 g/mol. The predicted octanol–water partition coefficient (Wildman–Crippen LogP) is 4.85. The van der Waals surface area contributed by atoms with E-state index in [1.165, 1.54) is 6.33 Å². The minimum Gasteiger partial charge on any atom is -0.437 e. The van der Waals surface area contributed by atoms with E-state index in [-0.39, 0.29) is 11.9 Å². The molecule has 0 spiro atoms. The first-order valence-electron chi connectivity index (χ1n) is 10.3.